The van der Waals surface area contributed by atoms with Gasteiger partial charge in [0.05, 0.1) is 31.3 Å². The highest BCUT2D eigenvalue weighted by molar-refractivity contribution is 7.20. The number of aryl methyl sites for hydroxylation is 1. The van der Waals surface area contributed by atoms with Crippen LogP contribution in [0.5, 0.6) is 11.5 Å². The molecule has 1 amide bonds. The highest BCUT2D eigenvalue weighted by Gasteiger charge is 2.21. The van der Waals surface area contributed by atoms with Crippen LogP contribution in [0.1, 0.15) is 20.9 Å². The maximum atomic E-state index is 13.2. The molecule has 0 aliphatic carbocycles. The molecule has 0 aliphatic rings. The summed E-state index contributed by atoms with van der Waals surface area (Å²) in [5.74, 6) is 1.09. The van der Waals surface area contributed by atoms with Crippen LogP contribution < -0.4 is 14.4 Å². The standard InChI is InChI=1S/C23H22ClN3O3S/c1-14-17-12-21(22(28)26(2)16-9-10-19(29-3)20(11-16)30-4)31-23(17)27(25-14)13-15-7-5-6-8-18(15)24/h5-12H,13H2,1-4H3. The number of thiophene rings is 1. The molecule has 0 saturated heterocycles. The highest BCUT2D eigenvalue weighted by Crippen LogP contribution is 2.34. The minimum atomic E-state index is -0.0999. The topological polar surface area (TPSA) is 56.6 Å². The van der Waals surface area contributed by atoms with Gasteiger partial charge in [-0.3, -0.25) is 9.48 Å². The van der Waals surface area contributed by atoms with Gasteiger partial charge in [-0.05, 0) is 36.8 Å². The number of carbonyl (C=O) groups is 1. The van der Waals surface area contributed by atoms with Gasteiger partial charge in [0.25, 0.3) is 5.91 Å². The first-order valence-corrected chi connectivity index (χ1v) is 10.8. The van der Waals surface area contributed by atoms with Crippen LogP contribution in [0.4, 0.5) is 5.69 Å². The molecule has 0 radical (unpaired) electrons. The molecule has 0 spiro atoms. The molecule has 0 unspecified atom stereocenters. The van der Waals surface area contributed by atoms with E-state index in [1.807, 2.05) is 48.0 Å². The third kappa shape index (κ3) is 3.98. The summed E-state index contributed by atoms with van der Waals surface area (Å²) in [5, 5.41) is 6.32. The van der Waals surface area contributed by atoms with Crippen LogP contribution in [0.25, 0.3) is 10.2 Å². The molecule has 0 saturated carbocycles. The Labute approximate surface area is 189 Å². The number of fused-ring (bicyclic) bond motifs is 1. The van der Waals surface area contributed by atoms with E-state index in [0.29, 0.717) is 27.9 Å². The number of aromatic nitrogens is 2. The van der Waals surface area contributed by atoms with Crippen molar-refractivity contribution in [3.8, 4) is 11.5 Å². The van der Waals surface area contributed by atoms with Crippen molar-refractivity contribution in [3.05, 3.63) is 69.7 Å². The summed E-state index contributed by atoms with van der Waals surface area (Å²) in [6, 6.07) is 15.0. The number of anilines is 1. The predicted octanol–water partition coefficient (Wildman–Crippen LogP) is 5.40. The summed E-state index contributed by atoms with van der Waals surface area (Å²) in [4.78, 5) is 16.4. The average molecular weight is 456 g/mol. The van der Waals surface area contributed by atoms with E-state index in [-0.39, 0.29) is 5.91 Å². The molecule has 31 heavy (non-hydrogen) atoms. The quantitative estimate of drug-likeness (QED) is 0.390. The second-order valence-corrected chi connectivity index (χ2v) is 8.51. The molecule has 8 heteroatoms. The summed E-state index contributed by atoms with van der Waals surface area (Å²) in [5.41, 5.74) is 2.58. The lowest BCUT2D eigenvalue weighted by Gasteiger charge is -2.18. The van der Waals surface area contributed by atoms with Gasteiger partial charge in [-0.25, -0.2) is 0 Å². The Morgan fingerprint density at radius 1 is 1.13 bits per heavy atom. The van der Waals surface area contributed by atoms with Crippen molar-refractivity contribution < 1.29 is 14.3 Å². The minimum Gasteiger partial charge on any atom is -0.493 e. The van der Waals surface area contributed by atoms with Crippen LogP contribution in [-0.2, 0) is 6.54 Å². The molecule has 0 bridgehead atoms. The Morgan fingerprint density at radius 3 is 2.58 bits per heavy atom. The Hall–Kier alpha value is -3.03. The van der Waals surface area contributed by atoms with Crippen LogP contribution >= 0.6 is 22.9 Å². The number of amides is 1. The number of halogens is 1. The van der Waals surface area contributed by atoms with Gasteiger partial charge in [0.15, 0.2) is 11.5 Å². The molecule has 0 N–H and O–H groups in total. The van der Waals surface area contributed by atoms with E-state index >= 15 is 0 Å². The molecule has 4 aromatic rings. The van der Waals surface area contributed by atoms with Crippen molar-refractivity contribution in [2.45, 2.75) is 13.5 Å². The normalized spacial score (nSPS) is 11.0. The number of benzene rings is 2. The Kier molecular flexibility index (Phi) is 5.89. The monoisotopic (exact) mass is 455 g/mol. The van der Waals surface area contributed by atoms with Gasteiger partial charge in [-0.1, -0.05) is 29.8 Å². The molecule has 2 heterocycles. The summed E-state index contributed by atoms with van der Waals surface area (Å²) in [6.45, 7) is 2.49. The molecular formula is C23H22ClN3O3S. The summed E-state index contributed by atoms with van der Waals surface area (Å²) in [7, 11) is 4.90. The summed E-state index contributed by atoms with van der Waals surface area (Å²) in [6.07, 6.45) is 0. The molecule has 160 valence electrons. The number of rotatable bonds is 6. The summed E-state index contributed by atoms with van der Waals surface area (Å²) >= 11 is 7.75. The fourth-order valence-electron chi connectivity index (χ4n) is 3.43. The molecule has 6 nitrogen and oxygen atoms in total. The lowest BCUT2D eigenvalue weighted by Crippen LogP contribution is -2.25. The maximum absolute atomic E-state index is 13.2. The predicted molar refractivity (Wildman–Crippen MR) is 125 cm³/mol. The van der Waals surface area contributed by atoms with Crippen molar-refractivity contribution >= 4 is 44.7 Å². The molecule has 0 atom stereocenters. The first kappa shape index (κ1) is 21.2. The van der Waals surface area contributed by atoms with Gasteiger partial charge < -0.3 is 14.4 Å². The lowest BCUT2D eigenvalue weighted by molar-refractivity contribution is 0.0997. The van der Waals surface area contributed by atoms with Crippen molar-refractivity contribution in [3.63, 3.8) is 0 Å². The van der Waals surface area contributed by atoms with E-state index in [4.69, 9.17) is 21.1 Å². The fraction of sp³-hybridized carbons (Fsp3) is 0.217. The number of carbonyl (C=O) groups excluding carboxylic acids is 1. The van der Waals surface area contributed by atoms with Crippen molar-refractivity contribution in [2.24, 2.45) is 0 Å². The molecule has 2 aromatic carbocycles. The first-order valence-electron chi connectivity index (χ1n) is 9.63. The third-order valence-electron chi connectivity index (χ3n) is 5.16. The molecule has 0 fully saturated rings. The first-order chi connectivity index (χ1) is 14.9. The lowest BCUT2D eigenvalue weighted by atomic mass is 10.2. The van der Waals surface area contributed by atoms with Crippen molar-refractivity contribution in [1.82, 2.24) is 9.78 Å². The zero-order chi connectivity index (χ0) is 22.1. The van der Waals surface area contributed by atoms with E-state index < -0.39 is 0 Å². The van der Waals surface area contributed by atoms with Gasteiger partial charge in [0, 0.05) is 29.2 Å². The minimum absolute atomic E-state index is 0.0999. The molecule has 0 aliphatic heterocycles. The van der Waals surface area contributed by atoms with Gasteiger partial charge in [0.2, 0.25) is 0 Å². The van der Waals surface area contributed by atoms with Gasteiger partial charge in [0.1, 0.15) is 4.83 Å². The largest absolute Gasteiger partial charge is 0.493 e. The second kappa shape index (κ2) is 8.61. The maximum Gasteiger partial charge on any atom is 0.268 e. The number of ether oxygens (including phenoxy) is 2. The second-order valence-electron chi connectivity index (χ2n) is 7.07. The number of hydrogen-bond acceptors (Lipinski definition) is 5. The molecule has 4 rings (SSSR count). The van der Waals surface area contributed by atoms with E-state index in [9.17, 15) is 4.79 Å². The van der Waals surface area contributed by atoms with Gasteiger partial charge in [-0.15, -0.1) is 11.3 Å². The van der Waals surface area contributed by atoms with Crippen LogP contribution in [0.15, 0.2) is 48.5 Å². The molecular weight excluding hydrogens is 434 g/mol. The van der Waals surface area contributed by atoms with Gasteiger partial charge >= 0.3 is 0 Å². The third-order valence-corrected chi connectivity index (χ3v) is 6.66. The Morgan fingerprint density at radius 2 is 1.87 bits per heavy atom. The van der Waals surface area contributed by atoms with E-state index in [1.54, 1.807) is 38.3 Å². The average Bonchev–Trinajstić information content (AvgIpc) is 3.35. The van der Waals surface area contributed by atoms with Crippen molar-refractivity contribution in [1.29, 1.82) is 0 Å². The summed E-state index contributed by atoms with van der Waals surface area (Å²) < 4.78 is 12.6. The van der Waals surface area contributed by atoms with Crippen LogP contribution in [0.2, 0.25) is 5.02 Å². The van der Waals surface area contributed by atoms with E-state index in [1.165, 1.54) is 11.3 Å². The van der Waals surface area contributed by atoms with Crippen LogP contribution in [-0.4, -0.2) is 37.0 Å². The smallest absolute Gasteiger partial charge is 0.268 e. The Bertz CT molecular complexity index is 1260. The zero-order valence-electron chi connectivity index (χ0n) is 17.7. The SMILES string of the molecule is COc1ccc(N(C)C(=O)c2cc3c(C)nn(Cc4ccccc4Cl)c3s2)cc1OC. The van der Waals surface area contributed by atoms with E-state index in [0.717, 1.165) is 27.2 Å². The Balaban J connectivity index is 1.65. The van der Waals surface area contributed by atoms with Gasteiger partial charge in [-0.2, -0.15) is 5.10 Å². The number of hydrogen-bond donors (Lipinski definition) is 0. The highest BCUT2D eigenvalue weighted by atomic mass is 35.5. The number of nitrogens with zero attached hydrogens (tertiary/aromatic N) is 3. The van der Waals surface area contributed by atoms with E-state index in [2.05, 4.69) is 5.10 Å². The number of methoxy groups -OCH3 is 2. The fourth-order valence-corrected chi connectivity index (χ4v) is 4.76. The van der Waals surface area contributed by atoms with Crippen molar-refractivity contribution in [2.75, 3.05) is 26.2 Å². The van der Waals surface area contributed by atoms with Crippen LogP contribution in [0.3, 0.4) is 0 Å². The van der Waals surface area contributed by atoms with Crippen LogP contribution in [0, 0.1) is 6.92 Å². The molecule has 2 aromatic heterocycles. The zero-order valence-corrected chi connectivity index (χ0v) is 19.3.